The van der Waals surface area contributed by atoms with Gasteiger partial charge in [0.25, 0.3) is 5.22 Å². The van der Waals surface area contributed by atoms with Crippen molar-refractivity contribution in [2.45, 2.75) is 11.0 Å². The van der Waals surface area contributed by atoms with Crippen molar-refractivity contribution >= 4 is 23.4 Å². The van der Waals surface area contributed by atoms with Gasteiger partial charge in [-0.25, -0.2) is 4.39 Å². The van der Waals surface area contributed by atoms with E-state index in [0.717, 1.165) is 11.1 Å². The van der Waals surface area contributed by atoms with Crippen LogP contribution in [-0.2, 0) is 5.75 Å². The summed E-state index contributed by atoms with van der Waals surface area (Å²) >= 11 is 7.32. The molecule has 0 fully saturated rings. The van der Waals surface area contributed by atoms with Gasteiger partial charge in [-0.05, 0) is 29.8 Å². The van der Waals surface area contributed by atoms with E-state index in [1.807, 2.05) is 0 Å². The molecule has 0 aliphatic rings. The van der Waals surface area contributed by atoms with Gasteiger partial charge in [-0.1, -0.05) is 29.4 Å². The fourth-order valence-corrected chi connectivity index (χ4v) is 2.74. The number of rotatable bonds is 4. The highest BCUT2D eigenvalue weighted by molar-refractivity contribution is 7.98. The smallest absolute Gasteiger partial charge is 0.277 e. The minimum atomic E-state index is -0.355. The lowest BCUT2D eigenvalue weighted by atomic mass is 10.2. The molecule has 0 atom stereocenters. The first-order valence-corrected chi connectivity index (χ1v) is 7.39. The quantitative estimate of drug-likeness (QED) is 0.673. The van der Waals surface area contributed by atoms with Gasteiger partial charge in [-0.3, -0.25) is 4.98 Å². The summed E-state index contributed by atoms with van der Waals surface area (Å²) in [6.45, 7) is 0. The van der Waals surface area contributed by atoms with E-state index in [-0.39, 0.29) is 5.82 Å². The van der Waals surface area contributed by atoms with E-state index in [1.165, 1.54) is 23.9 Å². The van der Waals surface area contributed by atoms with Crippen molar-refractivity contribution in [3.63, 3.8) is 0 Å². The van der Waals surface area contributed by atoms with Crippen molar-refractivity contribution in [1.82, 2.24) is 15.2 Å². The van der Waals surface area contributed by atoms with E-state index >= 15 is 0 Å². The molecule has 0 bridgehead atoms. The van der Waals surface area contributed by atoms with Crippen LogP contribution in [0.4, 0.5) is 4.39 Å². The lowest BCUT2D eigenvalue weighted by Crippen LogP contribution is -1.84. The largest absolute Gasteiger partial charge is 0.411 e. The fourth-order valence-electron chi connectivity index (χ4n) is 1.66. The Labute approximate surface area is 129 Å². The molecule has 7 heteroatoms. The second-order valence-corrected chi connectivity index (χ2v) is 5.47. The van der Waals surface area contributed by atoms with Crippen molar-refractivity contribution in [3.8, 4) is 11.5 Å². The van der Waals surface area contributed by atoms with Crippen molar-refractivity contribution in [2.24, 2.45) is 0 Å². The second kappa shape index (κ2) is 6.24. The van der Waals surface area contributed by atoms with Gasteiger partial charge in [0.15, 0.2) is 0 Å². The minimum absolute atomic E-state index is 0.355. The highest BCUT2D eigenvalue weighted by Gasteiger charge is 2.10. The molecule has 0 N–H and O–H groups in total. The average molecular weight is 322 g/mol. The number of nitrogens with zero attached hydrogens (tertiary/aromatic N) is 3. The highest BCUT2D eigenvalue weighted by Crippen LogP contribution is 2.28. The van der Waals surface area contributed by atoms with E-state index in [1.54, 1.807) is 30.6 Å². The molecule has 3 aromatic rings. The molecule has 0 aliphatic carbocycles. The monoisotopic (exact) mass is 321 g/mol. The van der Waals surface area contributed by atoms with Crippen LogP contribution in [0.1, 0.15) is 5.56 Å². The Hall–Kier alpha value is -1.92. The van der Waals surface area contributed by atoms with E-state index in [4.69, 9.17) is 16.0 Å². The first-order chi connectivity index (χ1) is 10.2. The van der Waals surface area contributed by atoms with Crippen LogP contribution in [0.25, 0.3) is 11.5 Å². The summed E-state index contributed by atoms with van der Waals surface area (Å²) in [6.07, 6.45) is 3.31. The summed E-state index contributed by atoms with van der Waals surface area (Å²) in [6, 6.07) is 7.88. The Balaban J connectivity index is 1.70. The molecular weight excluding hydrogens is 313 g/mol. The van der Waals surface area contributed by atoms with Crippen LogP contribution in [0.15, 0.2) is 52.4 Å². The number of hydrogen-bond acceptors (Lipinski definition) is 5. The van der Waals surface area contributed by atoms with E-state index < -0.39 is 0 Å². The van der Waals surface area contributed by atoms with Gasteiger partial charge in [0.05, 0.1) is 0 Å². The van der Waals surface area contributed by atoms with Crippen LogP contribution >= 0.6 is 23.4 Å². The normalized spacial score (nSPS) is 10.8. The molecule has 0 saturated carbocycles. The molecule has 1 aromatic carbocycles. The van der Waals surface area contributed by atoms with Gasteiger partial charge in [0.1, 0.15) is 5.82 Å². The molecule has 0 aliphatic heterocycles. The molecule has 21 heavy (non-hydrogen) atoms. The standard InChI is InChI=1S/C14H9ClFN3OS/c15-12-7-11(16)2-1-10(12)8-21-14-19-18-13(20-14)9-3-5-17-6-4-9/h1-7H,8H2. The first kappa shape index (κ1) is 14.0. The number of halogens is 2. The summed E-state index contributed by atoms with van der Waals surface area (Å²) in [4.78, 5) is 3.93. The molecule has 0 saturated heterocycles. The topological polar surface area (TPSA) is 51.8 Å². The van der Waals surface area contributed by atoms with Gasteiger partial charge in [-0.15, -0.1) is 10.2 Å². The molecule has 0 spiro atoms. The molecule has 106 valence electrons. The van der Waals surface area contributed by atoms with Crippen molar-refractivity contribution in [3.05, 3.63) is 59.1 Å². The molecule has 4 nitrogen and oxygen atoms in total. The van der Waals surface area contributed by atoms with Gasteiger partial charge in [0, 0.05) is 28.7 Å². The lowest BCUT2D eigenvalue weighted by Gasteiger charge is -2.01. The zero-order valence-electron chi connectivity index (χ0n) is 10.7. The molecule has 3 rings (SSSR count). The predicted octanol–water partition coefficient (Wildman–Crippen LogP) is 4.22. The summed E-state index contributed by atoms with van der Waals surface area (Å²) in [5.41, 5.74) is 1.62. The summed E-state index contributed by atoms with van der Waals surface area (Å²) in [7, 11) is 0. The fraction of sp³-hybridized carbons (Fsp3) is 0.0714. The van der Waals surface area contributed by atoms with Crippen molar-refractivity contribution < 1.29 is 8.81 Å². The molecule has 0 unspecified atom stereocenters. The molecule has 0 amide bonds. The highest BCUT2D eigenvalue weighted by atomic mass is 35.5. The minimum Gasteiger partial charge on any atom is -0.411 e. The van der Waals surface area contributed by atoms with Gasteiger partial charge in [0.2, 0.25) is 5.89 Å². The number of aromatic nitrogens is 3. The second-order valence-electron chi connectivity index (χ2n) is 4.13. The number of pyridine rings is 1. The van der Waals surface area contributed by atoms with Crippen LogP contribution in [0.5, 0.6) is 0 Å². The third-order valence-corrected chi connectivity index (χ3v) is 3.92. The zero-order valence-corrected chi connectivity index (χ0v) is 12.2. The Kier molecular flexibility index (Phi) is 4.17. The first-order valence-electron chi connectivity index (χ1n) is 6.03. The number of hydrogen-bond donors (Lipinski definition) is 0. The maximum Gasteiger partial charge on any atom is 0.277 e. The average Bonchev–Trinajstić information content (AvgIpc) is 2.96. The van der Waals surface area contributed by atoms with Crippen LogP contribution in [0, 0.1) is 5.82 Å². The molecule has 2 heterocycles. The molecular formula is C14H9ClFN3OS. The van der Waals surface area contributed by atoms with Crippen LogP contribution in [0.2, 0.25) is 5.02 Å². The SMILES string of the molecule is Fc1ccc(CSc2nnc(-c3ccncc3)o2)c(Cl)c1. The van der Waals surface area contributed by atoms with Crippen molar-refractivity contribution in [2.75, 3.05) is 0 Å². The van der Waals surface area contributed by atoms with Gasteiger partial charge in [-0.2, -0.15) is 0 Å². The van der Waals surface area contributed by atoms with Crippen LogP contribution in [-0.4, -0.2) is 15.2 Å². The maximum absolute atomic E-state index is 13.0. The Morgan fingerprint density at radius 2 is 1.95 bits per heavy atom. The lowest BCUT2D eigenvalue weighted by molar-refractivity contribution is 0.466. The number of benzene rings is 1. The van der Waals surface area contributed by atoms with Gasteiger partial charge >= 0.3 is 0 Å². The predicted molar refractivity (Wildman–Crippen MR) is 78.5 cm³/mol. The van der Waals surface area contributed by atoms with E-state index in [0.29, 0.717) is 21.9 Å². The van der Waals surface area contributed by atoms with Crippen molar-refractivity contribution in [1.29, 1.82) is 0 Å². The van der Waals surface area contributed by atoms with E-state index in [9.17, 15) is 4.39 Å². The van der Waals surface area contributed by atoms with Gasteiger partial charge < -0.3 is 4.42 Å². The summed E-state index contributed by atoms with van der Waals surface area (Å²) in [5, 5.41) is 8.76. The summed E-state index contributed by atoms with van der Waals surface area (Å²) in [5.74, 6) is 0.605. The third-order valence-electron chi connectivity index (χ3n) is 2.70. The van der Waals surface area contributed by atoms with E-state index in [2.05, 4.69) is 15.2 Å². The molecule has 2 aromatic heterocycles. The maximum atomic E-state index is 13.0. The Morgan fingerprint density at radius 1 is 1.14 bits per heavy atom. The summed E-state index contributed by atoms with van der Waals surface area (Å²) < 4.78 is 18.5. The number of thioether (sulfide) groups is 1. The molecule has 0 radical (unpaired) electrons. The third kappa shape index (κ3) is 3.40. The van der Waals surface area contributed by atoms with Crippen LogP contribution in [0.3, 0.4) is 0 Å². The Bertz CT molecular complexity index is 751. The zero-order chi connectivity index (χ0) is 14.7. The van der Waals surface area contributed by atoms with Crippen LogP contribution < -0.4 is 0 Å². The Morgan fingerprint density at radius 3 is 2.71 bits per heavy atom.